The average molecular weight is 438 g/mol. The van der Waals surface area contributed by atoms with Gasteiger partial charge in [0.2, 0.25) is 5.88 Å². The molecular formula is C21H16BrN3O3. The van der Waals surface area contributed by atoms with E-state index in [1.54, 1.807) is 6.07 Å². The Kier molecular flexibility index (Phi) is 4.83. The van der Waals surface area contributed by atoms with Crippen LogP contribution in [-0.2, 0) is 4.79 Å². The van der Waals surface area contributed by atoms with Gasteiger partial charge in [-0.25, -0.2) is 0 Å². The second-order valence-electron chi connectivity index (χ2n) is 6.33. The van der Waals surface area contributed by atoms with Gasteiger partial charge in [0.05, 0.1) is 5.52 Å². The number of carbonyl (C=O) groups excluding carboxylic acids is 1. The fraction of sp³-hybridized carbons (Fsp3) is 0.0952. The van der Waals surface area contributed by atoms with Crippen molar-refractivity contribution >= 4 is 49.2 Å². The van der Waals surface area contributed by atoms with Gasteiger partial charge in [-0.05, 0) is 36.1 Å². The number of aromatic nitrogens is 1. The summed E-state index contributed by atoms with van der Waals surface area (Å²) in [6.45, 7) is 1.66. The number of hydrogen-bond acceptors (Lipinski definition) is 4. The summed E-state index contributed by atoms with van der Waals surface area (Å²) in [6, 6.07) is 17.1. The van der Waals surface area contributed by atoms with E-state index in [2.05, 4.69) is 31.1 Å². The summed E-state index contributed by atoms with van der Waals surface area (Å²) >= 11 is 3.42. The summed E-state index contributed by atoms with van der Waals surface area (Å²) < 4.78 is 6.47. The number of azo groups is 1. The Balaban J connectivity index is 1.53. The summed E-state index contributed by atoms with van der Waals surface area (Å²) in [5, 5.41) is 20.4. The van der Waals surface area contributed by atoms with Crippen molar-refractivity contribution in [3.63, 3.8) is 0 Å². The molecule has 0 aliphatic carbocycles. The van der Waals surface area contributed by atoms with Crippen LogP contribution >= 0.6 is 15.9 Å². The Bertz CT molecular complexity index is 1230. The monoisotopic (exact) mass is 437 g/mol. The van der Waals surface area contributed by atoms with Crippen LogP contribution in [0.15, 0.2) is 69.3 Å². The highest BCUT2D eigenvalue weighted by Crippen LogP contribution is 2.38. The third-order valence-corrected chi connectivity index (χ3v) is 4.84. The number of nitrogens with zero attached hydrogens (tertiary/aromatic N) is 2. The summed E-state index contributed by atoms with van der Waals surface area (Å²) in [6.07, 6.45) is 0. The lowest BCUT2D eigenvalue weighted by Crippen LogP contribution is -2.08. The number of halogens is 1. The zero-order chi connectivity index (χ0) is 19.7. The van der Waals surface area contributed by atoms with Gasteiger partial charge in [0.15, 0.2) is 12.3 Å². The van der Waals surface area contributed by atoms with Crippen LogP contribution in [-0.4, -0.2) is 22.6 Å². The number of rotatable bonds is 4. The molecule has 0 fully saturated rings. The van der Waals surface area contributed by atoms with Crippen molar-refractivity contribution in [2.45, 2.75) is 6.92 Å². The van der Waals surface area contributed by atoms with E-state index < -0.39 is 5.91 Å². The third kappa shape index (κ3) is 3.48. The second-order valence-corrected chi connectivity index (χ2v) is 7.24. The van der Waals surface area contributed by atoms with Gasteiger partial charge in [0.25, 0.3) is 0 Å². The van der Waals surface area contributed by atoms with Crippen molar-refractivity contribution in [2.24, 2.45) is 10.2 Å². The minimum Gasteiger partial charge on any atom is -0.493 e. The van der Waals surface area contributed by atoms with E-state index in [0.29, 0.717) is 11.1 Å². The van der Waals surface area contributed by atoms with Gasteiger partial charge in [-0.2, -0.15) is 0 Å². The van der Waals surface area contributed by atoms with Gasteiger partial charge in [-0.15, -0.1) is 10.2 Å². The summed E-state index contributed by atoms with van der Waals surface area (Å²) in [5.41, 5.74) is 1.90. The van der Waals surface area contributed by atoms with Crippen LogP contribution in [0, 0.1) is 6.92 Å². The first kappa shape index (κ1) is 18.2. The lowest BCUT2D eigenvalue weighted by Gasteiger charge is -2.07. The Morgan fingerprint density at radius 2 is 1.93 bits per heavy atom. The predicted molar refractivity (Wildman–Crippen MR) is 111 cm³/mol. The lowest BCUT2D eigenvalue weighted by atomic mass is 10.1. The summed E-state index contributed by atoms with van der Waals surface area (Å²) in [7, 11) is 0. The fourth-order valence-corrected chi connectivity index (χ4v) is 3.67. The van der Waals surface area contributed by atoms with E-state index in [4.69, 9.17) is 4.74 Å². The molecule has 0 aliphatic rings. The number of benzene rings is 3. The SMILES string of the molecule is Cc1cc(Br)cc2c(N=NC(=O)COc3cccc4ccccc34)c(O)[nH]c12. The number of aromatic amines is 1. The minimum atomic E-state index is -0.548. The largest absolute Gasteiger partial charge is 0.493 e. The minimum absolute atomic E-state index is 0.136. The van der Waals surface area contributed by atoms with Crippen molar-refractivity contribution in [3.05, 3.63) is 64.6 Å². The van der Waals surface area contributed by atoms with Gasteiger partial charge < -0.3 is 14.8 Å². The number of nitrogens with one attached hydrogen (secondary N) is 1. The molecule has 0 unspecified atom stereocenters. The molecule has 0 aliphatic heterocycles. The highest BCUT2D eigenvalue weighted by atomic mass is 79.9. The maximum atomic E-state index is 12.1. The molecule has 1 heterocycles. The Labute approximate surface area is 169 Å². The Hall–Kier alpha value is -3.19. The van der Waals surface area contributed by atoms with Crippen LogP contribution in [0.3, 0.4) is 0 Å². The first-order valence-corrected chi connectivity index (χ1v) is 9.38. The van der Waals surface area contributed by atoms with Gasteiger partial charge in [-0.3, -0.25) is 4.79 Å². The average Bonchev–Trinajstić information content (AvgIpc) is 3.00. The van der Waals surface area contributed by atoms with Gasteiger partial charge in [0.1, 0.15) is 5.75 Å². The molecule has 3 aromatic carbocycles. The molecule has 0 saturated heterocycles. The Morgan fingerprint density at radius 1 is 1.14 bits per heavy atom. The van der Waals surface area contributed by atoms with Gasteiger partial charge in [0, 0.05) is 15.2 Å². The molecule has 2 N–H and O–H groups in total. The molecule has 0 saturated carbocycles. The normalized spacial score (nSPS) is 11.5. The summed E-state index contributed by atoms with van der Waals surface area (Å²) in [5.74, 6) is -0.0766. The number of amides is 1. The zero-order valence-corrected chi connectivity index (χ0v) is 16.5. The van der Waals surface area contributed by atoms with E-state index in [0.717, 1.165) is 26.3 Å². The number of hydrogen-bond donors (Lipinski definition) is 2. The molecule has 0 radical (unpaired) electrons. The second kappa shape index (κ2) is 7.44. The molecule has 28 heavy (non-hydrogen) atoms. The fourth-order valence-electron chi connectivity index (χ4n) is 3.10. The first-order valence-electron chi connectivity index (χ1n) is 8.59. The number of fused-ring (bicyclic) bond motifs is 2. The molecule has 1 amide bonds. The molecule has 4 aromatic rings. The quantitative estimate of drug-likeness (QED) is 0.396. The van der Waals surface area contributed by atoms with Gasteiger partial charge in [-0.1, -0.05) is 52.3 Å². The van der Waals surface area contributed by atoms with Crippen LogP contribution in [0.5, 0.6) is 11.6 Å². The number of ether oxygens (including phenoxy) is 1. The molecular weight excluding hydrogens is 422 g/mol. The van der Waals surface area contributed by atoms with E-state index >= 15 is 0 Å². The van der Waals surface area contributed by atoms with E-state index in [9.17, 15) is 9.90 Å². The maximum absolute atomic E-state index is 12.1. The topological polar surface area (TPSA) is 87.0 Å². The van der Waals surface area contributed by atoms with Crippen molar-refractivity contribution in [1.82, 2.24) is 4.98 Å². The number of aryl methyl sites for hydroxylation is 1. The van der Waals surface area contributed by atoms with E-state index in [1.165, 1.54) is 0 Å². The Morgan fingerprint density at radius 3 is 2.79 bits per heavy atom. The number of aromatic hydroxyl groups is 1. The van der Waals surface area contributed by atoms with Crippen molar-refractivity contribution in [2.75, 3.05) is 6.61 Å². The third-order valence-electron chi connectivity index (χ3n) is 4.39. The molecule has 0 bridgehead atoms. The molecule has 140 valence electrons. The van der Waals surface area contributed by atoms with Crippen molar-refractivity contribution in [3.8, 4) is 11.6 Å². The number of H-pyrrole nitrogens is 1. The molecule has 0 atom stereocenters. The highest BCUT2D eigenvalue weighted by Gasteiger charge is 2.14. The molecule has 0 spiro atoms. The lowest BCUT2D eigenvalue weighted by molar-refractivity contribution is -0.120. The predicted octanol–water partition coefficient (Wildman–Crippen LogP) is 5.79. The van der Waals surface area contributed by atoms with Crippen molar-refractivity contribution < 1.29 is 14.6 Å². The smallest absolute Gasteiger partial charge is 0.302 e. The maximum Gasteiger partial charge on any atom is 0.302 e. The molecule has 1 aromatic heterocycles. The van der Waals surface area contributed by atoms with Crippen LogP contribution in [0.2, 0.25) is 0 Å². The number of carbonyl (C=O) groups is 1. The van der Waals surface area contributed by atoms with Crippen LogP contribution in [0.25, 0.3) is 21.7 Å². The molecule has 6 nitrogen and oxygen atoms in total. The zero-order valence-electron chi connectivity index (χ0n) is 14.9. The van der Waals surface area contributed by atoms with Gasteiger partial charge >= 0.3 is 5.91 Å². The molecule has 4 rings (SSSR count). The van der Waals surface area contributed by atoms with Crippen molar-refractivity contribution in [1.29, 1.82) is 0 Å². The van der Waals surface area contributed by atoms with Crippen LogP contribution in [0.1, 0.15) is 5.56 Å². The molecule has 7 heteroatoms. The highest BCUT2D eigenvalue weighted by molar-refractivity contribution is 9.10. The van der Waals surface area contributed by atoms with Crippen LogP contribution < -0.4 is 4.74 Å². The first-order chi connectivity index (χ1) is 13.5. The van der Waals surface area contributed by atoms with E-state index in [1.807, 2.05) is 55.5 Å². The standard InChI is InChI=1S/C21H16BrN3O3/c1-12-9-14(22)10-16-19(12)23-21(27)20(16)25-24-18(26)11-28-17-8-4-6-13-5-2-3-7-15(13)17/h2-10,23,27H,11H2,1H3. The van der Waals surface area contributed by atoms with E-state index in [-0.39, 0.29) is 18.2 Å². The summed E-state index contributed by atoms with van der Waals surface area (Å²) in [4.78, 5) is 15.0. The van der Waals surface area contributed by atoms with Crippen LogP contribution in [0.4, 0.5) is 5.69 Å².